The first kappa shape index (κ1) is 15.0. The molecule has 0 unspecified atom stereocenters. The van der Waals surface area contributed by atoms with Gasteiger partial charge in [0.25, 0.3) is 0 Å². The standard InChI is InChI=1S/C9H6BrClF4N2O/c10-4-1-2-5(12)8(18-9(13,14)15)7(4)17-6(16)3-11/h1-2H,3H2,(H2,16,17). The van der Waals surface area contributed by atoms with E-state index in [-0.39, 0.29) is 16.2 Å². The molecule has 3 nitrogen and oxygen atoms in total. The van der Waals surface area contributed by atoms with Gasteiger partial charge in [0, 0.05) is 4.47 Å². The summed E-state index contributed by atoms with van der Waals surface area (Å²) in [5, 5.41) is 0. The largest absolute Gasteiger partial charge is 0.573 e. The topological polar surface area (TPSA) is 47.6 Å². The molecule has 0 spiro atoms. The van der Waals surface area contributed by atoms with Gasteiger partial charge in [0.2, 0.25) is 0 Å². The molecule has 0 fully saturated rings. The quantitative estimate of drug-likeness (QED) is 0.391. The molecule has 0 amide bonds. The maximum absolute atomic E-state index is 13.3. The SMILES string of the molecule is NC(CCl)=Nc1c(Br)ccc(F)c1OC(F)(F)F. The fourth-order valence-electron chi connectivity index (χ4n) is 1.01. The zero-order chi connectivity index (χ0) is 13.9. The molecule has 0 atom stereocenters. The fourth-order valence-corrected chi connectivity index (χ4v) is 1.47. The molecule has 9 heteroatoms. The second-order valence-corrected chi connectivity index (χ2v) is 4.11. The molecule has 18 heavy (non-hydrogen) atoms. The van der Waals surface area contributed by atoms with Crippen LogP contribution in [0.2, 0.25) is 0 Å². The van der Waals surface area contributed by atoms with Gasteiger partial charge in [-0.15, -0.1) is 24.8 Å². The van der Waals surface area contributed by atoms with Crippen molar-refractivity contribution in [1.29, 1.82) is 0 Å². The third kappa shape index (κ3) is 4.02. The highest BCUT2D eigenvalue weighted by Gasteiger charge is 2.34. The lowest BCUT2D eigenvalue weighted by atomic mass is 10.3. The molecule has 1 aromatic carbocycles. The molecule has 1 rings (SSSR count). The maximum atomic E-state index is 13.3. The van der Waals surface area contributed by atoms with Crippen molar-refractivity contribution in [3.05, 3.63) is 22.4 Å². The summed E-state index contributed by atoms with van der Waals surface area (Å²) < 4.78 is 53.4. The summed E-state index contributed by atoms with van der Waals surface area (Å²) in [5.41, 5.74) is 4.88. The van der Waals surface area contributed by atoms with Gasteiger partial charge in [-0.25, -0.2) is 9.38 Å². The van der Waals surface area contributed by atoms with E-state index in [0.29, 0.717) is 0 Å². The van der Waals surface area contributed by atoms with Crippen molar-refractivity contribution >= 4 is 39.1 Å². The van der Waals surface area contributed by atoms with E-state index in [4.69, 9.17) is 17.3 Å². The van der Waals surface area contributed by atoms with Crippen molar-refractivity contribution < 1.29 is 22.3 Å². The van der Waals surface area contributed by atoms with Gasteiger partial charge in [-0.3, -0.25) is 0 Å². The van der Waals surface area contributed by atoms with Crippen LogP contribution in [0.1, 0.15) is 0 Å². The highest BCUT2D eigenvalue weighted by atomic mass is 79.9. The van der Waals surface area contributed by atoms with Crippen LogP contribution in [-0.2, 0) is 0 Å². The molecular weight excluding hydrogens is 343 g/mol. The maximum Gasteiger partial charge on any atom is 0.573 e. The van der Waals surface area contributed by atoms with Gasteiger partial charge < -0.3 is 10.5 Å². The van der Waals surface area contributed by atoms with E-state index in [1.54, 1.807) is 0 Å². The van der Waals surface area contributed by atoms with Crippen LogP contribution in [-0.4, -0.2) is 18.1 Å². The number of alkyl halides is 4. The Morgan fingerprint density at radius 3 is 2.56 bits per heavy atom. The van der Waals surface area contributed by atoms with Crippen LogP contribution < -0.4 is 10.5 Å². The summed E-state index contributed by atoms with van der Waals surface area (Å²) in [6.45, 7) is 0. The monoisotopic (exact) mass is 348 g/mol. The number of rotatable bonds is 3. The van der Waals surface area contributed by atoms with E-state index in [2.05, 4.69) is 25.7 Å². The van der Waals surface area contributed by atoms with Crippen molar-refractivity contribution in [3.8, 4) is 5.75 Å². The van der Waals surface area contributed by atoms with Crippen LogP contribution in [0.5, 0.6) is 5.75 Å². The summed E-state index contributed by atoms with van der Waals surface area (Å²) in [4.78, 5) is 3.57. The number of hydrogen-bond donors (Lipinski definition) is 1. The van der Waals surface area contributed by atoms with Crippen LogP contribution in [0, 0.1) is 5.82 Å². The molecule has 1 aromatic rings. The van der Waals surface area contributed by atoms with Gasteiger partial charge in [-0.2, -0.15) is 0 Å². The second-order valence-electron chi connectivity index (χ2n) is 2.99. The Hall–Kier alpha value is -1.02. The number of aliphatic imine (C=N–C) groups is 1. The first-order valence-electron chi connectivity index (χ1n) is 4.37. The predicted octanol–water partition coefficient (Wildman–Crippen LogP) is 3.71. The Morgan fingerprint density at radius 2 is 2.06 bits per heavy atom. The normalized spacial score (nSPS) is 12.7. The zero-order valence-electron chi connectivity index (χ0n) is 8.56. The Kier molecular flexibility index (Phi) is 4.80. The molecule has 0 aliphatic carbocycles. The minimum atomic E-state index is -5.04. The second kappa shape index (κ2) is 5.75. The van der Waals surface area contributed by atoms with Gasteiger partial charge >= 0.3 is 6.36 Å². The number of hydrogen-bond acceptors (Lipinski definition) is 2. The minimum Gasteiger partial charge on any atom is -0.400 e. The number of ether oxygens (including phenoxy) is 1. The Balaban J connectivity index is 3.34. The van der Waals surface area contributed by atoms with E-state index >= 15 is 0 Å². The number of amidine groups is 1. The molecule has 0 saturated heterocycles. The van der Waals surface area contributed by atoms with Crippen molar-refractivity contribution in [3.63, 3.8) is 0 Å². The Bertz CT molecular complexity index is 478. The van der Waals surface area contributed by atoms with E-state index in [9.17, 15) is 17.6 Å². The third-order valence-electron chi connectivity index (χ3n) is 1.64. The lowest BCUT2D eigenvalue weighted by Crippen LogP contribution is -2.18. The predicted molar refractivity (Wildman–Crippen MR) is 62.8 cm³/mol. The van der Waals surface area contributed by atoms with E-state index in [1.165, 1.54) is 6.07 Å². The Morgan fingerprint density at radius 1 is 1.44 bits per heavy atom. The van der Waals surface area contributed by atoms with Gasteiger partial charge in [0.15, 0.2) is 11.6 Å². The molecule has 0 bridgehead atoms. The fraction of sp³-hybridized carbons (Fsp3) is 0.222. The minimum absolute atomic E-state index is 0.0937. The summed E-state index contributed by atoms with van der Waals surface area (Å²) in [6.07, 6.45) is -5.04. The Labute approximate surface area is 113 Å². The van der Waals surface area contributed by atoms with Gasteiger partial charge in [-0.1, -0.05) is 0 Å². The molecule has 0 aliphatic heterocycles. The summed E-state index contributed by atoms with van der Waals surface area (Å²) in [6, 6.07) is 1.99. The molecule has 0 saturated carbocycles. The molecule has 0 aromatic heterocycles. The molecule has 2 N–H and O–H groups in total. The van der Waals surface area contributed by atoms with E-state index in [0.717, 1.165) is 6.07 Å². The molecule has 0 heterocycles. The van der Waals surface area contributed by atoms with Crippen LogP contribution >= 0.6 is 27.5 Å². The van der Waals surface area contributed by atoms with Gasteiger partial charge in [-0.05, 0) is 28.1 Å². The zero-order valence-corrected chi connectivity index (χ0v) is 10.9. The van der Waals surface area contributed by atoms with Crippen molar-refractivity contribution in [2.45, 2.75) is 6.36 Å². The number of nitrogens with zero attached hydrogens (tertiary/aromatic N) is 1. The highest BCUT2D eigenvalue weighted by Crippen LogP contribution is 2.40. The van der Waals surface area contributed by atoms with E-state index < -0.39 is 23.6 Å². The first-order valence-corrected chi connectivity index (χ1v) is 5.70. The van der Waals surface area contributed by atoms with Crippen molar-refractivity contribution in [1.82, 2.24) is 0 Å². The van der Waals surface area contributed by atoms with Gasteiger partial charge in [0.1, 0.15) is 11.5 Å². The average molecular weight is 350 g/mol. The summed E-state index contributed by atoms with van der Waals surface area (Å²) in [5.74, 6) is -2.66. The molecule has 0 radical (unpaired) electrons. The van der Waals surface area contributed by atoms with Crippen molar-refractivity contribution in [2.75, 3.05) is 5.88 Å². The summed E-state index contributed by atoms with van der Waals surface area (Å²) in [7, 11) is 0. The third-order valence-corrected chi connectivity index (χ3v) is 2.56. The summed E-state index contributed by atoms with van der Waals surface area (Å²) >= 11 is 8.28. The van der Waals surface area contributed by atoms with Crippen LogP contribution in [0.15, 0.2) is 21.6 Å². The van der Waals surface area contributed by atoms with Gasteiger partial charge in [0.05, 0.1) is 5.88 Å². The highest BCUT2D eigenvalue weighted by molar-refractivity contribution is 9.10. The number of nitrogens with two attached hydrogens (primary N) is 1. The average Bonchev–Trinajstić information content (AvgIpc) is 2.26. The lowest BCUT2D eigenvalue weighted by molar-refractivity contribution is -0.275. The smallest absolute Gasteiger partial charge is 0.400 e. The number of benzene rings is 1. The molecular formula is C9H6BrClF4N2O. The lowest BCUT2D eigenvalue weighted by Gasteiger charge is -2.13. The molecule has 0 aliphatic rings. The van der Waals surface area contributed by atoms with Crippen LogP contribution in [0.25, 0.3) is 0 Å². The van der Waals surface area contributed by atoms with Crippen LogP contribution in [0.3, 0.4) is 0 Å². The molecule has 100 valence electrons. The van der Waals surface area contributed by atoms with E-state index in [1.807, 2.05) is 0 Å². The number of halogens is 6. The first-order chi connectivity index (χ1) is 8.24. The van der Waals surface area contributed by atoms with Crippen LogP contribution in [0.4, 0.5) is 23.2 Å². The van der Waals surface area contributed by atoms with Crippen molar-refractivity contribution in [2.24, 2.45) is 10.7 Å².